The summed E-state index contributed by atoms with van der Waals surface area (Å²) in [5.41, 5.74) is 8.56. The molecule has 3 N–H and O–H groups in total. The highest BCUT2D eigenvalue weighted by Gasteiger charge is 2.16. The van der Waals surface area contributed by atoms with Crippen LogP contribution < -0.4 is 10.5 Å². The molecule has 0 heterocycles. The van der Waals surface area contributed by atoms with Crippen LogP contribution in [0.2, 0.25) is 0 Å². The SMILES string of the molecule is CCOc1ccc(-c2ccccc2)cc1CC(N)C(=O)O. The molecule has 0 aromatic heterocycles. The molecule has 2 rings (SSSR count). The number of carbonyl (C=O) groups is 1. The molecule has 2 aromatic rings. The summed E-state index contributed by atoms with van der Waals surface area (Å²) in [6, 6.07) is 14.8. The predicted molar refractivity (Wildman–Crippen MR) is 82.4 cm³/mol. The third-order valence-electron chi connectivity index (χ3n) is 3.22. The molecule has 2 aromatic carbocycles. The Kier molecular flexibility index (Phi) is 4.95. The number of aliphatic carboxylic acids is 1. The average Bonchev–Trinajstić information content (AvgIpc) is 2.50. The van der Waals surface area contributed by atoms with Crippen LogP contribution in [0.25, 0.3) is 11.1 Å². The number of carboxylic acid groups (broad SMARTS) is 1. The normalized spacial score (nSPS) is 11.9. The highest BCUT2D eigenvalue weighted by molar-refractivity contribution is 5.74. The van der Waals surface area contributed by atoms with E-state index in [0.717, 1.165) is 16.7 Å². The molecule has 0 fully saturated rings. The molecule has 0 radical (unpaired) electrons. The Morgan fingerprint density at radius 1 is 1.19 bits per heavy atom. The lowest BCUT2D eigenvalue weighted by Crippen LogP contribution is -2.32. The van der Waals surface area contributed by atoms with Gasteiger partial charge in [0.15, 0.2) is 0 Å². The second kappa shape index (κ2) is 6.90. The van der Waals surface area contributed by atoms with Gasteiger partial charge in [-0.15, -0.1) is 0 Å². The first-order valence-corrected chi connectivity index (χ1v) is 6.91. The number of hydrogen-bond donors (Lipinski definition) is 2. The number of hydrogen-bond acceptors (Lipinski definition) is 3. The Morgan fingerprint density at radius 3 is 2.52 bits per heavy atom. The standard InChI is InChI=1S/C17H19NO3/c1-2-21-16-9-8-13(12-6-4-3-5-7-12)10-14(16)11-15(18)17(19)20/h3-10,15H,2,11,18H2,1H3,(H,19,20). The molecule has 0 amide bonds. The van der Waals surface area contributed by atoms with Gasteiger partial charge in [0.05, 0.1) is 6.61 Å². The molecule has 1 atom stereocenters. The van der Waals surface area contributed by atoms with Gasteiger partial charge in [-0.05, 0) is 35.7 Å². The Balaban J connectivity index is 2.36. The molecule has 21 heavy (non-hydrogen) atoms. The van der Waals surface area contributed by atoms with E-state index in [-0.39, 0.29) is 6.42 Å². The number of benzene rings is 2. The van der Waals surface area contributed by atoms with Crippen LogP contribution in [0.3, 0.4) is 0 Å². The summed E-state index contributed by atoms with van der Waals surface area (Å²) in [6.07, 6.45) is 0.241. The van der Waals surface area contributed by atoms with Gasteiger partial charge in [-0.25, -0.2) is 0 Å². The lowest BCUT2D eigenvalue weighted by molar-refractivity contribution is -0.138. The van der Waals surface area contributed by atoms with Gasteiger partial charge in [0.1, 0.15) is 11.8 Å². The van der Waals surface area contributed by atoms with E-state index < -0.39 is 12.0 Å². The predicted octanol–water partition coefficient (Wildman–Crippen LogP) is 2.71. The van der Waals surface area contributed by atoms with Crippen molar-refractivity contribution in [1.29, 1.82) is 0 Å². The number of ether oxygens (including phenoxy) is 1. The van der Waals surface area contributed by atoms with Crippen molar-refractivity contribution in [1.82, 2.24) is 0 Å². The van der Waals surface area contributed by atoms with Crippen LogP contribution in [0.15, 0.2) is 48.5 Å². The maximum Gasteiger partial charge on any atom is 0.320 e. The maximum absolute atomic E-state index is 11.0. The Labute approximate surface area is 124 Å². The summed E-state index contributed by atoms with van der Waals surface area (Å²) in [5.74, 6) is -0.323. The van der Waals surface area contributed by atoms with Gasteiger partial charge in [0.25, 0.3) is 0 Å². The van der Waals surface area contributed by atoms with E-state index in [1.54, 1.807) is 0 Å². The maximum atomic E-state index is 11.0. The first-order chi connectivity index (χ1) is 10.1. The zero-order valence-electron chi connectivity index (χ0n) is 12.0. The minimum atomic E-state index is -1.01. The number of nitrogens with two attached hydrogens (primary N) is 1. The molecule has 0 aliphatic heterocycles. The van der Waals surface area contributed by atoms with Crippen molar-refractivity contribution in [2.24, 2.45) is 5.73 Å². The van der Waals surface area contributed by atoms with Crippen LogP contribution in [0.1, 0.15) is 12.5 Å². The van der Waals surface area contributed by atoms with E-state index in [1.807, 2.05) is 55.5 Å². The first-order valence-electron chi connectivity index (χ1n) is 6.91. The highest BCUT2D eigenvalue weighted by Crippen LogP contribution is 2.27. The fourth-order valence-electron chi connectivity index (χ4n) is 2.17. The van der Waals surface area contributed by atoms with Gasteiger partial charge in [-0.1, -0.05) is 36.4 Å². The topological polar surface area (TPSA) is 72.5 Å². The van der Waals surface area contributed by atoms with Gasteiger partial charge in [-0.3, -0.25) is 4.79 Å². The minimum absolute atomic E-state index is 0.241. The van der Waals surface area contributed by atoms with Gasteiger partial charge in [0.2, 0.25) is 0 Å². The van der Waals surface area contributed by atoms with Crippen molar-refractivity contribution >= 4 is 5.97 Å². The zero-order chi connectivity index (χ0) is 15.2. The van der Waals surface area contributed by atoms with Gasteiger partial charge < -0.3 is 15.6 Å². The van der Waals surface area contributed by atoms with Gasteiger partial charge in [0, 0.05) is 6.42 Å². The van der Waals surface area contributed by atoms with Crippen molar-refractivity contribution in [2.75, 3.05) is 6.61 Å². The van der Waals surface area contributed by atoms with Crippen LogP contribution in [-0.4, -0.2) is 23.7 Å². The molecule has 0 saturated heterocycles. The quantitative estimate of drug-likeness (QED) is 0.856. The smallest absolute Gasteiger partial charge is 0.320 e. The summed E-state index contributed by atoms with van der Waals surface area (Å²) in [7, 11) is 0. The summed E-state index contributed by atoms with van der Waals surface area (Å²) in [4.78, 5) is 11.0. The van der Waals surface area contributed by atoms with Crippen LogP contribution in [-0.2, 0) is 11.2 Å². The zero-order valence-corrected chi connectivity index (χ0v) is 12.0. The molecular weight excluding hydrogens is 266 g/mol. The van der Waals surface area contributed by atoms with Crippen LogP contribution >= 0.6 is 0 Å². The van der Waals surface area contributed by atoms with Crippen LogP contribution in [0, 0.1) is 0 Å². The summed E-state index contributed by atoms with van der Waals surface area (Å²) in [6.45, 7) is 2.42. The molecule has 0 spiro atoms. The average molecular weight is 285 g/mol. The molecule has 0 aliphatic rings. The van der Waals surface area contributed by atoms with Crippen molar-refractivity contribution in [3.8, 4) is 16.9 Å². The molecule has 0 saturated carbocycles. The van der Waals surface area contributed by atoms with E-state index in [9.17, 15) is 4.79 Å². The van der Waals surface area contributed by atoms with E-state index in [1.165, 1.54) is 0 Å². The second-order valence-corrected chi connectivity index (χ2v) is 4.77. The van der Waals surface area contributed by atoms with E-state index in [0.29, 0.717) is 12.4 Å². The molecule has 0 aliphatic carbocycles. The molecule has 0 bridgehead atoms. The minimum Gasteiger partial charge on any atom is -0.494 e. The van der Waals surface area contributed by atoms with Crippen LogP contribution in [0.5, 0.6) is 5.75 Å². The first kappa shape index (κ1) is 15.1. The lowest BCUT2D eigenvalue weighted by Gasteiger charge is -2.14. The Hall–Kier alpha value is -2.33. The van der Waals surface area contributed by atoms with E-state index >= 15 is 0 Å². The lowest BCUT2D eigenvalue weighted by atomic mass is 9.99. The van der Waals surface area contributed by atoms with Crippen molar-refractivity contribution < 1.29 is 14.6 Å². The number of carboxylic acids is 1. The molecule has 4 heteroatoms. The molecule has 110 valence electrons. The van der Waals surface area contributed by atoms with E-state index in [4.69, 9.17) is 15.6 Å². The monoisotopic (exact) mass is 285 g/mol. The van der Waals surface area contributed by atoms with E-state index in [2.05, 4.69) is 0 Å². The highest BCUT2D eigenvalue weighted by atomic mass is 16.5. The number of rotatable bonds is 6. The Bertz CT molecular complexity index is 611. The van der Waals surface area contributed by atoms with Crippen LogP contribution in [0.4, 0.5) is 0 Å². The van der Waals surface area contributed by atoms with Crippen molar-refractivity contribution in [3.05, 3.63) is 54.1 Å². The largest absolute Gasteiger partial charge is 0.494 e. The molecule has 4 nitrogen and oxygen atoms in total. The molecule has 1 unspecified atom stereocenters. The van der Waals surface area contributed by atoms with Gasteiger partial charge >= 0.3 is 5.97 Å². The van der Waals surface area contributed by atoms with Crippen molar-refractivity contribution in [2.45, 2.75) is 19.4 Å². The fourth-order valence-corrected chi connectivity index (χ4v) is 2.17. The van der Waals surface area contributed by atoms with Crippen molar-refractivity contribution in [3.63, 3.8) is 0 Å². The van der Waals surface area contributed by atoms with Gasteiger partial charge in [-0.2, -0.15) is 0 Å². The third kappa shape index (κ3) is 3.83. The third-order valence-corrected chi connectivity index (χ3v) is 3.22. The summed E-state index contributed by atoms with van der Waals surface area (Å²) < 4.78 is 5.56. The summed E-state index contributed by atoms with van der Waals surface area (Å²) >= 11 is 0. The second-order valence-electron chi connectivity index (χ2n) is 4.77. The Morgan fingerprint density at radius 2 is 1.90 bits per heavy atom. The molecular formula is C17H19NO3. The fraction of sp³-hybridized carbons (Fsp3) is 0.235. The summed E-state index contributed by atoms with van der Waals surface area (Å²) in [5, 5.41) is 8.98.